The average Bonchev–Trinajstić information content (AvgIpc) is 2.38. The van der Waals surface area contributed by atoms with Crippen LogP contribution in [0.5, 0.6) is 0 Å². The molecular weight excluding hydrogens is 275 g/mol. The van der Waals surface area contributed by atoms with E-state index in [4.69, 9.17) is 5.11 Å². The minimum atomic E-state index is -4.21. The molecule has 0 spiro atoms. The Morgan fingerprint density at radius 1 is 1.30 bits per heavy atom. The van der Waals surface area contributed by atoms with Gasteiger partial charge in [-0.2, -0.15) is 13.2 Å². The Morgan fingerprint density at radius 2 is 1.95 bits per heavy atom. The summed E-state index contributed by atoms with van der Waals surface area (Å²) in [6, 6.07) is 2.96. The molecule has 1 N–H and O–H groups in total. The van der Waals surface area contributed by atoms with Crippen LogP contribution in [-0.4, -0.2) is 59.9 Å². The molecule has 1 saturated heterocycles. The number of aromatic nitrogens is 1. The Morgan fingerprint density at radius 3 is 2.50 bits per heavy atom. The monoisotopic (exact) mass is 289 g/mol. The molecule has 0 saturated carbocycles. The van der Waals surface area contributed by atoms with Gasteiger partial charge in [0.05, 0.1) is 6.54 Å². The third-order valence-electron chi connectivity index (χ3n) is 3.09. The molecule has 1 aromatic rings. The number of anilines is 1. The summed E-state index contributed by atoms with van der Waals surface area (Å²) in [5.74, 6) is -0.780. The van der Waals surface area contributed by atoms with Gasteiger partial charge >= 0.3 is 12.1 Å². The lowest BCUT2D eigenvalue weighted by Gasteiger charge is -2.36. The number of carboxylic acids is 1. The Bertz CT molecular complexity index is 485. The highest BCUT2D eigenvalue weighted by Gasteiger charge is 2.32. The van der Waals surface area contributed by atoms with Gasteiger partial charge in [0.15, 0.2) is 0 Å². The summed E-state index contributed by atoms with van der Waals surface area (Å²) < 4.78 is 36.9. The molecule has 1 aliphatic rings. The van der Waals surface area contributed by atoms with Crippen molar-refractivity contribution in [2.24, 2.45) is 0 Å². The third kappa shape index (κ3) is 3.60. The maximum absolute atomic E-state index is 12.3. The average molecular weight is 289 g/mol. The van der Waals surface area contributed by atoms with Gasteiger partial charge in [-0.25, -0.2) is 9.78 Å². The van der Waals surface area contributed by atoms with E-state index in [0.29, 0.717) is 18.9 Å². The second-order valence-electron chi connectivity index (χ2n) is 4.56. The van der Waals surface area contributed by atoms with Gasteiger partial charge in [-0.1, -0.05) is 0 Å². The number of carbonyl (C=O) groups is 1. The number of halogens is 3. The van der Waals surface area contributed by atoms with Crippen LogP contribution < -0.4 is 4.90 Å². The molecule has 8 heteroatoms. The molecule has 0 aromatic carbocycles. The maximum atomic E-state index is 12.3. The van der Waals surface area contributed by atoms with Crippen molar-refractivity contribution in [1.82, 2.24) is 9.88 Å². The number of alkyl halides is 3. The summed E-state index contributed by atoms with van der Waals surface area (Å²) in [6.45, 7) is 0.180. The minimum Gasteiger partial charge on any atom is -0.478 e. The second kappa shape index (κ2) is 5.66. The number of pyridine rings is 1. The van der Waals surface area contributed by atoms with Crippen molar-refractivity contribution in [3.8, 4) is 0 Å². The van der Waals surface area contributed by atoms with Gasteiger partial charge in [0.2, 0.25) is 0 Å². The van der Waals surface area contributed by atoms with Crippen LogP contribution in [0.15, 0.2) is 18.3 Å². The summed E-state index contributed by atoms with van der Waals surface area (Å²) in [5.41, 5.74) is 0.0665. The quantitative estimate of drug-likeness (QED) is 0.913. The van der Waals surface area contributed by atoms with Crippen LogP contribution in [0.2, 0.25) is 0 Å². The van der Waals surface area contributed by atoms with Crippen LogP contribution in [0.3, 0.4) is 0 Å². The fourth-order valence-corrected chi connectivity index (χ4v) is 2.19. The first-order chi connectivity index (χ1) is 9.37. The van der Waals surface area contributed by atoms with Gasteiger partial charge in [0.1, 0.15) is 11.4 Å². The minimum absolute atomic E-state index is 0.0665. The lowest BCUT2D eigenvalue weighted by molar-refractivity contribution is -0.146. The molecule has 0 bridgehead atoms. The lowest BCUT2D eigenvalue weighted by atomic mass is 10.2. The number of hydrogen-bond donors (Lipinski definition) is 1. The summed E-state index contributed by atoms with van der Waals surface area (Å²) in [4.78, 5) is 18.1. The molecule has 0 atom stereocenters. The molecule has 0 amide bonds. The molecule has 0 unspecified atom stereocenters. The van der Waals surface area contributed by atoms with E-state index in [1.54, 1.807) is 4.90 Å². The van der Waals surface area contributed by atoms with E-state index in [9.17, 15) is 18.0 Å². The first-order valence-electron chi connectivity index (χ1n) is 6.09. The standard InChI is InChI=1S/C12H14F3N3O2/c13-12(14,15)8-17-4-6-18(7-5-17)10-9(11(19)20)2-1-3-16-10/h1-3H,4-8H2,(H,19,20). The molecule has 1 aromatic heterocycles. The van der Waals surface area contributed by atoms with Crippen molar-refractivity contribution in [3.05, 3.63) is 23.9 Å². The maximum Gasteiger partial charge on any atom is 0.401 e. The van der Waals surface area contributed by atoms with Crippen LogP contribution in [0.25, 0.3) is 0 Å². The Hall–Kier alpha value is -1.83. The van der Waals surface area contributed by atoms with E-state index in [1.807, 2.05) is 0 Å². The van der Waals surface area contributed by atoms with E-state index in [-0.39, 0.29) is 18.7 Å². The van der Waals surface area contributed by atoms with Crippen molar-refractivity contribution in [2.45, 2.75) is 6.18 Å². The van der Waals surface area contributed by atoms with E-state index in [0.717, 1.165) is 0 Å². The normalized spacial score (nSPS) is 17.2. The largest absolute Gasteiger partial charge is 0.478 e. The Kier molecular flexibility index (Phi) is 4.12. The van der Waals surface area contributed by atoms with E-state index < -0.39 is 18.7 Å². The molecule has 20 heavy (non-hydrogen) atoms. The van der Waals surface area contributed by atoms with Crippen molar-refractivity contribution < 1.29 is 23.1 Å². The SMILES string of the molecule is O=C(O)c1cccnc1N1CCN(CC(F)(F)F)CC1. The second-order valence-corrected chi connectivity index (χ2v) is 4.56. The zero-order chi connectivity index (χ0) is 14.8. The van der Waals surface area contributed by atoms with Crippen LogP contribution in [-0.2, 0) is 0 Å². The van der Waals surface area contributed by atoms with Crippen molar-refractivity contribution >= 4 is 11.8 Å². The van der Waals surface area contributed by atoms with Crippen LogP contribution >= 0.6 is 0 Å². The molecule has 0 radical (unpaired) electrons. The van der Waals surface area contributed by atoms with E-state index in [2.05, 4.69) is 4.98 Å². The zero-order valence-electron chi connectivity index (χ0n) is 10.6. The van der Waals surface area contributed by atoms with Crippen molar-refractivity contribution in [1.29, 1.82) is 0 Å². The summed E-state index contributed by atoms with van der Waals surface area (Å²) in [5, 5.41) is 9.08. The van der Waals surface area contributed by atoms with Crippen molar-refractivity contribution in [3.63, 3.8) is 0 Å². The number of nitrogens with zero attached hydrogens (tertiary/aromatic N) is 3. The van der Waals surface area contributed by atoms with Gasteiger partial charge in [0, 0.05) is 32.4 Å². The molecule has 2 heterocycles. The predicted molar refractivity (Wildman–Crippen MR) is 65.9 cm³/mol. The molecule has 110 valence electrons. The molecule has 1 aliphatic heterocycles. The molecule has 2 rings (SSSR count). The van der Waals surface area contributed by atoms with Crippen LogP contribution in [0.4, 0.5) is 19.0 Å². The fraction of sp³-hybridized carbons (Fsp3) is 0.500. The molecule has 1 fully saturated rings. The highest BCUT2D eigenvalue weighted by Crippen LogP contribution is 2.21. The molecule has 5 nitrogen and oxygen atoms in total. The number of aromatic carboxylic acids is 1. The Balaban J connectivity index is 2.03. The fourth-order valence-electron chi connectivity index (χ4n) is 2.19. The smallest absolute Gasteiger partial charge is 0.401 e. The number of carboxylic acid groups (broad SMARTS) is 1. The van der Waals surface area contributed by atoms with Gasteiger partial charge in [-0.05, 0) is 12.1 Å². The number of hydrogen-bond acceptors (Lipinski definition) is 4. The highest BCUT2D eigenvalue weighted by atomic mass is 19.4. The van der Waals surface area contributed by atoms with E-state index in [1.165, 1.54) is 23.2 Å². The zero-order valence-corrected chi connectivity index (χ0v) is 10.6. The van der Waals surface area contributed by atoms with Crippen LogP contribution in [0, 0.1) is 0 Å². The first-order valence-corrected chi connectivity index (χ1v) is 6.09. The summed E-state index contributed by atoms with van der Waals surface area (Å²) >= 11 is 0. The number of rotatable bonds is 3. The van der Waals surface area contributed by atoms with Gasteiger partial charge in [-0.15, -0.1) is 0 Å². The third-order valence-corrected chi connectivity index (χ3v) is 3.09. The Labute approximate surface area is 113 Å². The highest BCUT2D eigenvalue weighted by molar-refractivity contribution is 5.93. The molecule has 0 aliphatic carbocycles. The summed E-state index contributed by atoms with van der Waals surface area (Å²) in [6.07, 6.45) is -2.73. The summed E-state index contributed by atoms with van der Waals surface area (Å²) in [7, 11) is 0. The van der Waals surface area contributed by atoms with Gasteiger partial charge < -0.3 is 10.0 Å². The van der Waals surface area contributed by atoms with E-state index >= 15 is 0 Å². The lowest BCUT2D eigenvalue weighted by Crippen LogP contribution is -2.49. The molecular formula is C12H14F3N3O2. The predicted octanol–water partition coefficient (Wildman–Crippen LogP) is 1.46. The number of piperazine rings is 1. The first kappa shape index (κ1) is 14.6. The van der Waals surface area contributed by atoms with Gasteiger partial charge in [0.25, 0.3) is 0 Å². The van der Waals surface area contributed by atoms with Crippen molar-refractivity contribution in [2.75, 3.05) is 37.6 Å². The van der Waals surface area contributed by atoms with Gasteiger partial charge in [-0.3, -0.25) is 4.90 Å². The topological polar surface area (TPSA) is 56.7 Å². The van der Waals surface area contributed by atoms with Crippen LogP contribution in [0.1, 0.15) is 10.4 Å².